The van der Waals surface area contributed by atoms with Crippen LogP contribution in [0.2, 0.25) is 0 Å². The first-order valence-corrected chi connectivity index (χ1v) is 8.38. The number of nitrogens with two attached hydrogens (primary N) is 1. The van der Waals surface area contributed by atoms with Gasteiger partial charge in [-0.2, -0.15) is 0 Å². The van der Waals surface area contributed by atoms with E-state index in [1.54, 1.807) is 6.92 Å². The van der Waals surface area contributed by atoms with Gasteiger partial charge in [0, 0.05) is 30.3 Å². The second kappa shape index (κ2) is 11.4. The molecule has 0 radical (unpaired) electrons. The lowest BCUT2D eigenvalue weighted by atomic mass is 9.87. The number of carbonyl (C=O) groups is 1. The molecule has 1 aromatic rings. The Hall–Kier alpha value is -3.17. The third-order valence-electron chi connectivity index (χ3n) is 3.88. The van der Waals surface area contributed by atoms with Crippen molar-refractivity contribution in [1.82, 2.24) is 0 Å². The largest absolute Gasteiger partial charge is 0.388 e. The smallest absolute Gasteiger partial charge is 0.204 e. The van der Waals surface area contributed by atoms with Crippen molar-refractivity contribution in [2.24, 2.45) is 11.7 Å². The van der Waals surface area contributed by atoms with Gasteiger partial charge in [0.05, 0.1) is 0 Å². The summed E-state index contributed by atoms with van der Waals surface area (Å²) in [6.07, 6.45) is 8.35. The fourth-order valence-corrected chi connectivity index (χ4v) is 2.52. The lowest BCUT2D eigenvalue weighted by Gasteiger charge is -2.18. The molecule has 0 fully saturated rings. The number of rotatable bonds is 6. The van der Waals surface area contributed by atoms with Gasteiger partial charge in [-0.3, -0.25) is 4.79 Å². The number of benzene rings is 1. The van der Waals surface area contributed by atoms with E-state index in [0.29, 0.717) is 12.0 Å². The molecule has 0 aromatic heterocycles. The molecule has 0 spiro atoms. The van der Waals surface area contributed by atoms with Crippen molar-refractivity contribution in [3.63, 3.8) is 0 Å². The molecule has 5 heteroatoms. The first-order valence-electron chi connectivity index (χ1n) is 8.38. The summed E-state index contributed by atoms with van der Waals surface area (Å²) < 4.78 is 28.4. The third kappa shape index (κ3) is 6.92. The van der Waals surface area contributed by atoms with Crippen LogP contribution in [0.3, 0.4) is 0 Å². The predicted molar refractivity (Wildman–Crippen MR) is 108 cm³/mol. The summed E-state index contributed by atoms with van der Waals surface area (Å²) >= 11 is 0. The Morgan fingerprint density at radius 1 is 1.33 bits per heavy atom. The molecule has 1 unspecified atom stereocenters. The van der Waals surface area contributed by atoms with Crippen LogP contribution in [-0.2, 0) is 4.79 Å². The fraction of sp³-hybridized carbons (Fsp3) is 0.182. The highest BCUT2D eigenvalue weighted by molar-refractivity contribution is 5.55. The van der Waals surface area contributed by atoms with E-state index in [1.165, 1.54) is 12.2 Å². The van der Waals surface area contributed by atoms with Gasteiger partial charge in [-0.25, -0.2) is 8.78 Å². The Labute approximate surface area is 159 Å². The second-order valence-corrected chi connectivity index (χ2v) is 5.80. The van der Waals surface area contributed by atoms with Crippen LogP contribution in [0.1, 0.15) is 18.9 Å². The molecule has 1 amide bonds. The Balaban J connectivity index is 0.00000114. The molecule has 0 aliphatic heterocycles. The Bertz CT molecular complexity index is 811. The van der Waals surface area contributed by atoms with Gasteiger partial charge < -0.3 is 11.1 Å². The lowest BCUT2D eigenvalue weighted by Crippen LogP contribution is -2.07. The highest BCUT2D eigenvalue weighted by atomic mass is 19.1. The molecule has 0 saturated heterocycles. The van der Waals surface area contributed by atoms with Gasteiger partial charge in [0.2, 0.25) is 6.41 Å². The molecule has 27 heavy (non-hydrogen) atoms. The van der Waals surface area contributed by atoms with Crippen molar-refractivity contribution in [3.8, 4) is 0 Å². The van der Waals surface area contributed by atoms with E-state index >= 15 is 0 Å². The van der Waals surface area contributed by atoms with Crippen LogP contribution in [0.25, 0.3) is 6.08 Å². The number of anilines is 1. The summed E-state index contributed by atoms with van der Waals surface area (Å²) in [6.45, 7) is 5.68. The maximum Gasteiger partial charge on any atom is 0.204 e. The summed E-state index contributed by atoms with van der Waals surface area (Å²) in [6, 6.07) is 7.91. The van der Waals surface area contributed by atoms with Crippen LogP contribution >= 0.6 is 0 Å². The van der Waals surface area contributed by atoms with Gasteiger partial charge in [0.25, 0.3) is 0 Å². The third-order valence-corrected chi connectivity index (χ3v) is 3.88. The molecule has 1 aromatic carbocycles. The van der Waals surface area contributed by atoms with Gasteiger partial charge in [-0.15, -0.1) is 5.73 Å². The van der Waals surface area contributed by atoms with Crippen LogP contribution in [0.5, 0.6) is 0 Å². The number of carbonyl (C=O) groups excluding carboxylic acids is 1. The molecule has 142 valence electrons. The molecule has 0 saturated carbocycles. The summed E-state index contributed by atoms with van der Waals surface area (Å²) in [5, 5.41) is 3.06. The van der Waals surface area contributed by atoms with Crippen molar-refractivity contribution >= 4 is 18.2 Å². The van der Waals surface area contributed by atoms with Gasteiger partial charge >= 0.3 is 0 Å². The number of halogens is 2. The van der Waals surface area contributed by atoms with Crippen LogP contribution in [0.4, 0.5) is 14.5 Å². The van der Waals surface area contributed by atoms with E-state index in [2.05, 4.69) is 23.4 Å². The van der Waals surface area contributed by atoms with Crippen LogP contribution in [-0.4, -0.2) is 13.5 Å². The number of hydrogen-bond acceptors (Lipinski definition) is 2. The van der Waals surface area contributed by atoms with Crippen molar-refractivity contribution in [2.75, 3.05) is 12.4 Å². The zero-order chi connectivity index (χ0) is 20.2. The molecule has 3 nitrogen and oxygen atoms in total. The quantitative estimate of drug-likeness (QED) is 0.409. The molecule has 1 aliphatic carbocycles. The maximum atomic E-state index is 14.2. The van der Waals surface area contributed by atoms with Gasteiger partial charge in [0.15, 0.2) is 0 Å². The number of nitrogens with one attached hydrogen (secondary N) is 1. The summed E-state index contributed by atoms with van der Waals surface area (Å²) in [5.41, 5.74) is 9.58. The van der Waals surface area contributed by atoms with E-state index in [9.17, 15) is 8.78 Å². The zero-order valence-electron chi connectivity index (χ0n) is 15.5. The summed E-state index contributed by atoms with van der Waals surface area (Å²) in [4.78, 5) is 8.58. The van der Waals surface area contributed by atoms with E-state index in [1.807, 2.05) is 43.5 Å². The monoisotopic (exact) mass is 370 g/mol. The van der Waals surface area contributed by atoms with Crippen LogP contribution < -0.4 is 11.1 Å². The van der Waals surface area contributed by atoms with Crippen LogP contribution in [0.15, 0.2) is 83.7 Å². The average Bonchev–Trinajstić information content (AvgIpc) is 2.81. The highest BCUT2D eigenvalue weighted by Gasteiger charge is 2.22. The van der Waals surface area contributed by atoms with Gasteiger partial charge in [-0.05, 0) is 43.2 Å². The topological polar surface area (TPSA) is 55.1 Å². The highest BCUT2D eigenvalue weighted by Crippen LogP contribution is 2.34. The predicted octanol–water partition coefficient (Wildman–Crippen LogP) is 5.23. The molecule has 1 aliphatic rings. The number of primary amides is 1. The Kier molecular flexibility index (Phi) is 9.27. The number of hydrogen-bond donors (Lipinski definition) is 2. The summed E-state index contributed by atoms with van der Waals surface area (Å²) in [7, 11) is 1.86. The molecular formula is C22H24F2N2O. The zero-order valence-corrected chi connectivity index (χ0v) is 15.5. The van der Waals surface area contributed by atoms with Crippen molar-refractivity contribution in [2.45, 2.75) is 13.3 Å². The minimum atomic E-state index is -0.600. The Morgan fingerprint density at radius 2 is 1.96 bits per heavy atom. The van der Waals surface area contributed by atoms with E-state index in [-0.39, 0.29) is 12.0 Å². The first kappa shape index (κ1) is 21.9. The van der Waals surface area contributed by atoms with E-state index < -0.39 is 17.6 Å². The lowest BCUT2D eigenvalue weighted by molar-refractivity contribution is -0.106. The molecule has 3 N–H and O–H groups in total. The average molecular weight is 370 g/mol. The van der Waals surface area contributed by atoms with E-state index in [0.717, 1.165) is 17.3 Å². The van der Waals surface area contributed by atoms with Crippen LogP contribution in [0, 0.1) is 5.92 Å². The maximum absolute atomic E-state index is 14.2. The van der Waals surface area contributed by atoms with Gasteiger partial charge in [-0.1, -0.05) is 36.4 Å². The van der Waals surface area contributed by atoms with Crippen molar-refractivity contribution < 1.29 is 13.6 Å². The summed E-state index contributed by atoms with van der Waals surface area (Å²) in [5.74, 6) is -1.59. The SMILES string of the molecule is C=C(C)C(C/C=C/c1ccc(NC)cc1)C1=C(F)C=C=CC=C1F.NC=O. The standard InChI is InChI=1S/C21H21F2N.CH3NO/c1-15(2)18(21-19(22)9-4-5-10-20(21)23)8-6-7-16-11-13-17(24-3)14-12-16;2-1-3/h4,6-7,9-14,18,24H,1,8H2,2-3H3;1H,(H2,2,3)/b7-6+;. The molecule has 2 rings (SSSR count). The van der Waals surface area contributed by atoms with E-state index in [4.69, 9.17) is 4.79 Å². The molecular weight excluding hydrogens is 346 g/mol. The molecule has 0 bridgehead atoms. The minimum Gasteiger partial charge on any atom is -0.388 e. The Morgan fingerprint density at radius 3 is 2.52 bits per heavy atom. The normalized spacial score (nSPS) is 14.1. The number of amides is 1. The minimum absolute atomic E-state index is 0.0407. The molecule has 0 heterocycles. The van der Waals surface area contributed by atoms with Gasteiger partial charge in [0.1, 0.15) is 11.7 Å². The first-order chi connectivity index (χ1) is 12.9. The fourth-order valence-electron chi connectivity index (χ4n) is 2.52. The molecule has 1 atom stereocenters. The second-order valence-electron chi connectivity index (χ2n) is 5.80. The number of allylic oxidation sites excluding steroid dienone is 7. The van der Waals surface area contributed by atoms with Crippen molar-refractivity contribution in [1.29, 1.82) is 0 Å². The van der Waals surface area contributed by atoms with Crippen molar-refractivity contribution in [3.05, 3.63) is 89.2 Å².